The Hall–Kier alpha value is -2.68. The first kappa shape index (κ1) is 13.7. The molecule has 9 nitrogen and oxygen atoms in total. The summed E-state index contributed by atoms with van der Waals surface area (Å²) < 4.78 is 6.66. The Morgan fingerprint density at radius 1 is 1.60 bits per heavy atom. The van der Waals surface area contributed by atoms with Crippen LogP contribution >= 0.6 is 0 Å². The lowest BCUT2D eigenvalue weighted by Gasteiger charge is -1.99. The average molecular weight is 279 g/mol. The molecule has 0 aliphatic heterocycles. The molecule has 0 aromatic carbocycles. The van der Waals surface area contributed by atoms with E-state index in [1.54, 1.807) is 13.8 Å². The van der Waals surface area contributed by atoms with Crippen molar-refractivity contribution >= 4 is 11.6 Å². The van der Waals surface area contributed by atoms with Gasteiger partial charge in [0.05, 0.1) is 17.0 Å². The van der Waals surface area contributed by atoms with Gasteiger partial charge in [0, 0.05) is 0 Å². The van der Waals surface area contributed by atoms with Gasteiger partial charge < -0.3 is 4.42 Å². The highest BCUT2D eigenvalue weighted by Crippen LogP contribution is 2.22. The van der Waals surface area contributed by atoms with Gasteiger partial charge >= 0.3 is 5.69 Å². The molecule has 20 heavy (non-hydrogen) atoms. The number of carbonyl (C=O) groups excluding carboxylic acids is 1. The van der Waals surface area contributed by atoms with Crippen molar-refractivity contribution in [3.63, 3.8) is 0 Å². The number of nitrogen functional groups attached to an aromatic ring is 1. The van der Waals surface area contributed by atoms with Crippen molar-refractivity contribution < 1.29 is 14.1 Å². The highest BCUT2D eigenvalue weighted by Gasteiger charge is 2.22. The highest BCUT2D eigenvalue weighted by molar-refractivity contribution is 5.93. The molecule has 2 rings (SSSR count). The van der Waals surface area contributed by atoms with Crippen LogP contribution in [0.15, 0.2) is 16.7 Å². The summed E-state index contributed by atoms with van der Waals surface area (Å²) in [5, 5.41) is 15.0. The quantitative estimate of drug-likeness (QED) is 0.366. The first-order chi connectivity index (χ1) is 9.43. The van der Waals surface area contributed by atoms with Crippen molar-refractivity contribution in [1.82, 2.24) is 15.2 Å². The number of hydrazine groups is 1. The topological polar surface area (TPSA) is 129 Å². The first-order valence-electron chi connectivity index (χ1n) is 5.70. The Bertz CT molecular complexity index is 672. The molecular formula is C11H13N5O4. The van der Waals surface area contributed by atoms with Crippen molar-refractivity contribution in [2.45, 2.75) is 20.4 Å². The molecule has 2 aromatic rings. The summed E-state index contributed by atoms with van der Waals surface area (Å²) in [4.78, 5) is 21.7. The third-order valence-electron chi connectivity index (χ3n) is 2.88. The van der Waals surface area contributed by atoms with E-state index in [0.29, 0.717) is 17.1 Å². The molecule has 9 heteroatoms. The standard InChI is InChI=1S/C11H13N5O4/c1-6-10(16(18)19)7(2)15(14-6)4-9-3-8(5-20-9)11(17)13-12/h3,5H,4,12H2,1-2H3,(H,13,17). The van der Waals surface area contributed by atoms with E-state index < -0.39 is 10.8 Å². The van der Waals surface area contributed by atoms with E-state index in [2.05, 4.69) is 5.10 Å². The van der Waals surface area contributed by atoms with Crippen LogP contribution in [0.1, 0.15) is 27.5 Å². The Kier molecular flexibility index (Phi) is 3.53. The molecule has 0 saturated carbocycles. The second kappa shape index (κ2) is 5.13. The molecule has 0 aliphatic carbocycles. The minimum Gasteiger partial charge on any atom is -0.467 e. The van der Waals surface area contributed by atoms with Gasteiger partial charge in [0.15, 0.2) is 0 Å². The molecule has 1 amide bonds. The molecule has 0 unspecified atom stereocenters. The van der Waals surface area contributed by atoms with Crippen LogP contribution in [0.3, 0.4) is 0 Å². The number of aryl methyl sites for hydroxylation is 1. The maximum absolute atomic E-state index is 11.3. The Morgan fingerprint density at radius 2 is 2.30 bits per heavy atom. The zero-order valence-corrected chi connectivity index (χ0v) is 10.9. The average Bonchev–Trinajstić information content (AvgIpc) is 2.95. The Labute approximate surface area is 113 Å². The fraction of sp³-hybridized carbons (Fsp3) is 0.273. The summed E-state index contributed by atoms with van der Waals surface area (Å²) >= 11 is 0. The summed E-state index contributed by atoms with van der Waals surface area (Å²) in [5.41, 5.74) is 3.00. The number of nitro groups is 1. The van der Waals surface area contributed by atoms with Crippen LogP contribution in [0.2, 0.25) is 0 Å². The van der Waals surface area contributed by atoms with Gasteiger partial charge in [-0.1, -0.05) is 0 Å². The van der Waals surface area contributed by atoms with Crippen LogP contribution in [-0.2, 0) is 6.54 Å². The van der Waals surface area contributed by atoms with Crippen molar-refractivity contribution in [2.75, 3.05) is 0 Å². The number of nitrogens with zero attached hydrogens (tertiary/aromatic N) is 3. The zero-order valence-electron chi connectivity index (χ0n) is 10.9. The number of aromatic nitrogens is 2. The molecule has 0 spiro atoms. The summed E-state index contributed by atoms with van der Waals surface area (Å²) in [6, 6.07) is 1.50. The number of hydrogen-bond acceptors (Lipinski definition) is 6. The summed E-state index contributed by atoms with van der Waals surface area (Å²) in [6.45, 7) is 3.37. The number of hydrogen-bond donors (Lipinski definition) is 2. The highest BCUT2D eigenvalue weighted by atomic mass is 16.6. The van der Waals surface area contributed by atoms with Gasteiger partial charge in [-0.15, -0.1) is 0 Å². The Morgan fingerprint density at radius 3 is 2.85 bits per heavy atom. The second-order valence-corrected chi connectivity index (χ2v) is 4.21. The lowest BCUT2D eigenvalue weighted by atomic mass is 10.3. The summed E-state index contributed by atoms with van der Waals surface area (Å²) in [7, 11) is 0. The molecule has 0 fully saturated rings. The predicted molar refractivity (Wildman–Crippen MR) is 67.8 cm³/mol. The third kappa shape index (κ3) is 2.38. The van der Waals surface area contributed by atoms with E-state index in [1.807, 2.05) is 5.43 Å². The molecule has 106 valence electrons. The lowest BCUT2D eigenvalue weighted by Crippen LogP contribution is -2.29. The van der Waals surface area contributed by atoms with Gasteiger partial charge in [-0.05, 0) is 19.9 Å². The molecule has 3 N–H and O–H groups in total. The molecule has 2 aromatic heterocycles. The predicted octanol–water partition coefficient (Wildman–Crippen LogP) is 0.653. The van der Waals surface area contributed by atoms with E-state index in [4.69, 9.17) is 10.3 Å². The number of rotatable bonds is 4. The number of nitrogens with one attached hydrogen (secondary N) is 1. The van der Waals surface area contributed by atoms with Gasteiger partial charge in [0.25, 0.3) is 5.91 Å². The van der Waals surface area contributed by atoms with Crippen LogP contribution in [0.4, 0.5) is 5.69 Å². The van der Waals surface area contributed by atoms with Crippen molar-refractivity contribution in [2.24, 2.45) is 5.84 Å². The molecule has 0 radical (unpaired) electrons. The SMILES string of the molecule is Cc1nn(Cc2cc(C(=O)NN)co2)c(C)c1[N+](=O)[O-]. The van der Waals surface area contributed by atoms with E-state index in [1.165, 1.54) is 17.0 Å². The van der Waals surface area contributed by atoms with E-state index in [0.717, 1.165) is 0 Å². The van der Waals surface area contributed by atoms with Crippen LogP contribution < -0.4 is 11.3 Å². The summed E-state index contributed by atoms with van der Waals surface area (Å²) in [5.74, 6) is 4.99. The maximum Gasteiger partial charge on any atom is 0.312 e. The minimum absolute atomic E-state index is 0.0171. The number of furan rings is 1. The molecule has 0 saturated heterocycles. The normalized spacial score (nSPS) is 10.6. The molecular weight excluding hydrogens is 266 g/mol. The van der Waals surface area contributed by atoms with Crippen LogP contribution in [0.25, 0.3) is 0 Å². The van der Waals surface area contributed by atoms with Crippen LogP contribution in [-0.4, -0.2) is 20.6 Å². The molecule has 0 bridgehead atoms. The molecule has 0 aliphatic rings. The van der Waals surface area contributed by atoms with E-state index >= 15 is 0 Å². The zero-order chi connectivity index (χ0) is 14.9. The minimum atomic E-state index is -0.473. The lowest BCUT2D eigenvalue weighted by molar-refractivity contribution is -0.386. The van der Waals surface area contributed by atoms with Crippen LogP contribution in [0.5, 0.6) is 0 Å². The number of amides is 1. The Balaban J connectivity index is 2.27. The molecule has 0 atom stereocenters. The second-order valence-electron chi connectivity index (χ2n) is 4.21. The first-order valence-corrected chi connectivity index (χ1v) is 5.70. The van der Waals surface area contributed by atoms with Gasteiger partial charge in [-0.2, -0.15) is 5.10 Å². The number of carbonyl (C=O) groups is 1. The van der Waals surface area contributed by atoms with Crippen molar-refractivity contribution in [3.8, 4) is 0 Å². The third-order valence-corrected chi connectivity index (χ3v) is 2.88. The van der Waals surface area contributed by atoms with Crippen molar-refractivity contribution in [3.05, 3.63) is 45.2 Å². The van der Waals surface area contributed by atoms with Crippen molar-refractivity contribution in [1.29, 1.82) is 0 Å². The van der Waals surface area contributed by atoms with Gasteiger partial charge in [-0.25, -0.2) is 5.84 Å². The smallest absolute Gasteiger partial charge is 0.312 e. The fourth-order valence-corrected chi connectivity index (χ4v) is 1.92. The van der Waals surface area contributed by atoms with E-state index in [-0.39, 0.29) is 17.8 Å². The maximum atomic E-state index is 11.3. The van der Waals surface area contributed by atoms with Crippen LogP contribution in [0, 0.1) is 24.0 Å². The summed E-state index contributed by atoms with van der Waals surface area (Å²) in [6.07, 6.45) is 1.26. The van der Waals surface area contributed by atoms with Gasteiger partial charge in [0.1, 0.15) is 23.4 Å². The fourth-order valence-electron chi connectivity index (χ4n) is 1.92. The van der Waals surface area contributed by atoms with E-state index in [9.17, 15) is 14.9 Å². The monoisotopic (exact) mass is 279 g/mol. The molecule has 2 heterocycles. The van der Waals surface area contributed by atoms with Gasteiger partial charge in [-0.3, -0.25) is 25.0 Å². The number of nitrogens with two attached hydrogens (primary N) is 1. The van der Waals surface area contributed by atoms with Gasteiger partial charge in [0.2, 0.25) is 0 Å². The largest absolute Gasteiger partial charge is 0.467 e.